The minimum absolute atomic E-state index is 0.311. The summed E-state index contributed by atoms with van der Waals surface area (Å²) in [5, 5.41) is 3.88. The first kappa shape index (κ1) is 12.0. The second kappa shape index (κ2) is 6.28. The van der Waals surface area contributed by atoms with Crippen LogP contribution in [-0.4, -0.2) is 12.6 Å². The summed E-state index contributed by atoms with van der Waals surface area (Å²) in [6.45, 7) is 0.913. The summed E-state index contributed by atoms with van der Waals surface area (Å²) in [4.78, 5) is 11.3. The van der Waals surface area contributed by atoms with E-state index < -0.39 is 6.09 Å². The summed E-state index contributed by atoms with van der Waals surface area (Å²) in [5.74, 6) is 0.908. The Hall–Kier alpha value is -1.51. The third kappa shape index (κ3) is 4.89. The molecule has 3 nitrogen and oxygen atoms in total. The Bertz CT molecular complexity index is 346. The lowest BCUT2D eigenvalue weighted by Crippen LogP contribution is -2.18. The molecular weight excluding hydrogens is 214 g/mol. The lowest BCUT2D eigenvalue weighted by molar-refractivity contribution is 0.138. The number of hydrogen-bond acceptors (Lipinski definition) is 2. The number of carbonyl (C=O) groups is 1. The highest BCUT2D eigenvalue weighted by molar-refractivity contribution is 5.66. The van der Waals surface area contributed by atoms with Crippen LogP contribution in [0.1, 0.15) is 31.2 Å². The Balaban J connectivity index is 1.54. The third-order valence-electron chi connectivity index (χ3n) is 2.91. The van der Waals surface area contributed by atoms with Gasteiger partial charge in [-0.3, -0.25) is 0 Å². The molecule has 1 saturated carbocycles. The molecule has 0 saturated heterocycles. The first-order chi connectivity index (χ1) is 8.34. The topological polar surface area (TPSA) is 40.4 Å². The standard InChI is InChI=1S/C14H18NO2/c16-14(15-10-4-7-12-8-9-12)17-11-13-5-2-1-3-6-13/h1-3,5-6,12H,4,7-11H2. The number of nitrogens with zero attached hydrogens (tertiary/aromatic N) is 1. The molecule has 1 amide bonds. The van der Waals surface area contributed by atoms with Gasteiger partial charge in [-0.15, -0.1) is 0 Å². The lowest BCUT2D eigenvalue weighted by atomic mass is 10.2. The van der Waals surface area contributed by atoms with Crippen molar-refractivity contribution >= 4 is 6.09 Å². The number of ether oxygens (including phenoxy) is 1. The molecule has 0 spiro atoms. The van der Waals surface area contributed by atoms with Crippen LogP contribution in [0.15, 0.2) is 30.3 Å². The van der Waals surface area contributed by atoms with Gasteiger partial charge in [-0.1, -0.05) is 43.2 Å². The smallest absolute Gasteiger partial charge is 0.429 e. The van der Waals surface area contributed by atoms with E-state index in [-0.39, 0.29) is 0 Å². The Morgan fingerprint density at radius 1 is 1.29 bits per heavy atom. The normalized spacial score (nSPS) is 14.4. The van der Waals surface area contributed by atoms with Crippen molar-refractivity contribution in [3.8, 4) is 0 Å². The average Bonchev–Trinajstić information content (AvgIpc) is 3.17. The third-order valence-corrected chi connectivity index (χ3v) is 2.91. The monoisotopic (exact) mass is 232 g/mol. The molecule has 0 aliphatic heterocycles. The highest BCUT2D eigenvalue weighted by atomic mass is 16.5. The first-order valence-electron chi connectivity index (χ1n) is 6.23. The van der Waals surface area contributed by atoms with E-state index in [4.69, 9.17) is 4.74 Å². The maximum atomic E-state index is 11.3. The molecule has 1 radical (unpaired) electrons. The molecule has 91 valence electrons. The quantitative estimate of drug-likeness (QED) is 0.707. The summed E-state index contributed by atoms with van der Waals surface area (Å²) in [6.07, 6.45) is 4.49. The van der Waals surface area contributed by atoms with Gasteiger partial charge in [0.15, 0.2) is 0 Å². The summed E-state index contributed by atoms with van der Waals surface area (Å²) in [5.41, 5.74) is 0.994. The Morgan fingerprint density at radius 3 is 2.76 bits per heavy atom. The van der Waals surface area contributed by atoms with Gasteiger partial charge in [-0.2, -0.15) is 0 Å². The van der Waals surface area contributed by atoms with Crippen molar-refractivity contribution in [3.05, 3.63) is 35.9 Å². The number of benzene rings is 1. The molecule has 1 aliphatic carbocycles. The summed E-state index contributed by atoms with van der Waals surface area (Å²) >= 11 is 0. The van der Waals surface area contributed by atoms with Crippen LogP contribution in [0.2, 0.25) is 0 Å². The van der Waals surface area contributed by atoms with E-state index in [1.54, 1.807) is 0 Å². The van der Waals surface area contributed by atoms with Crippen molar-refractivity contribution < 1.29 is 9.53 Å². The largest absolute Gasteiger partial charge is 0.443 e. The van der Waals surface area contributed by atoms with Crippen LogP contribution in [0.4, 0.5) is 4.79 Å². The van der Waals surface area contributed by atoms with Crippen LogP contribution in [0.5, 0.6) is 0 Å². The average molecular weight is 232 g/mol. The molecule has 17 heavy (non-hydrogen) atoms. The maximum Gasteiger partial charge on any atom is 0.429 e. The Kier molecular flexibility index (Phi) is 4.42. The Morgan fingerprint density at radius 2 is 2.06 bits per heavy atom. The highest BCUT2D eigenvalue weighted by Gasteiger charge is 2.20. The van der Waals surface area contributed by atoms with Gasteiger partial charge in [0.25, 0.3) is 0 Å². The SMILES string of the molecule is O=C([N]CCCC1CC1)OCc1ccccc1. The fourth-order valence-corrected chi connectivity index (χ4v) is 1.72. The predicted molar refractivity (Wildman–Crippen MR) is 65.6 cm³/mol. The molecule has 0 N–H and O–H groups in total. The minimum Gasteiger partial charge on any atom is -0.443 e. The van der Waals surface area contributed by atoms with Crippen LogP contribution in [0.3, 0.4) is 0 Å². The fraction of sp³-hybridized carbons (Fsp3) is 0.500. The van der Waals surface area contributed by atoms with Gasteiger partial charge < -0.3 is 4.74 Å². The molecular formula is C14H18NO2. The number of carbonyl (C=O) groups excluding carboxylic acids is 1. The molecule has 1 fully saturated rings. The minimum atomic E-state index is -0.440. The molecule has 0 aromatic heterocycles. The number of rotatable bonds is 6. The second-order valence-electron chi connectivity index (χ2n) is 4.51. The maximum absolute atomic E-state index is 11.3. The van der Waals surface area contributed by atoms with E-state index in [2.05, 4.69) is 5.32 Å². The van der Waals surface area contributed by atoms with E-state index in [1.807, 2.05) is 30.3 Å². The van der Waals surface area contributed by atoms with Crippen LogP contribution in [0.25, 0.3) is 0 Å². The van der Waals surface area contributed by atoms with Crippen molar-refractivity contribution in [2.75, 3.05) is 6.54 Å². The van der Waals surface area contributed by atoms with Crippen LogP contribution in [0, 0.1) is 5.92 Å². The van der Waals surface area contributed by atoms with Crippen LogP contribution < -0.4 is 5.32 Å². The van der Waals surface area contributed by atoms with E-state index in [0.29, 0.717) is 13.2 Å². The molecule has 1 aromatic carbocycles. The molecule has 1 aliphatic rings. The summed E-state index contributed by atoms with van der Waals surface area (Å²) in [7, 11) is 0. The van der Waals surface area contributed by atoms with E-state index in [9.17, 15) is 4.79 Å². The molecule has 0 atom stereocenters. The van der Waals surface area contributed by atoms with E-state index >= 15 is 0 Å². The molecule has 0 bridgehead atoms. The van der Waals surface area contributed by atoms with Gasteiger partial charge in [-0.05, 0) is 24.3 Å². The van der Waals surface area contributed by atoms with Gasteiger partial charge >= 0.3 is 6.09 Å². The van der Waals surface area contributed by atoms with Crippen LogP contribution in [-0.2, 0) is 11.3 Å². The number of hydrogen-bond donors (Lipinski definition) is 0. The summed E-state index contributed by atoms with van der Waals surface area (Å²) in [6, 6.07) is 9.65. The molecule has 0 unspecified atom stereocenters. The first-order valence-corrected chi connectivity index (χ1v) is 6.23. The fourth-order valence-electron chi connectivity index (χ4n) is 1.72. The van der Waals surface area contributed by atoms with Crippen molar-refractivity contribution in [2.45, 2.75) is 32.3 Å². The zero-order valence-electron chi connectivity index (χ0n) is 9.97. The molecule has 1 aromatic rings. The van der Waals surface area contributed by atoms with Gasteiger partial charge in [0.2, 0.25) is 0 Å². The zero-order chi connectivity index (χ0) is 11.9. The van der Waals surface area contributed by atoms with Crippen molar-refractivity contribution in [1.29, 1.82) is 0 Å². The lowest BCUT2D eigenvalue weighted by Gasteiger charge is -2.04. The molecule has 3 heteroatoms. The second-order valence-corrected chi connectivity index (χ2v) is 4.51. The van der Waals surface area contributed by atoms with E-state index in [0.717, 1.165) is 17.9 Å². The molecule has 0 heterocycles. The number of amides is 1. The van der Waals surface area contributed by atoms with Crippen LogP contribution >= 0.6 is 0 Å². The van der Waals surface area contributed by atoms with Gasteiger partial charge in [-0.25, -0.2) is 10.1 Å². The Labute approximate surface area is 102 Å². The van der Waals surface area contributed by atoms with Gasteiger partial charge in [0.1, 0.15) is 6.61 Å². The van der Waals surface area contributed by atoms with Gasteiger partial charge in [0.05, 0.1) is 0 Å². The van der Waals surface area contributed by atoms with E-state index in [1.165, 1.54) is 19.3 Å². The molecule has 2 rings (SSSR count). The van der Waals surface area contributed by atoms with Crippen molar-refractivity contribution in [1.82, 2.24) is 5.32 Å². The van der Waals surface area contributed by atoms with Crippen molar-refractivity contribution in [3.63, 3.8) is 0 Å². The van der Waals surface area contributed by atoms with Gasteiger partial charge in [0, 0.05) is 6.54 Å². The predicted octanol–water partition coefficient (Wildman–Crippen LogP) is 3.12. The summed E-state index contributed by atoms with van der Waals surface area (Å²) < 4.78 is 5.05. The zero-order valence-corrected chi connectivity index (χ0v) is 9.97. The highest BCUT2D eigenvalue weighted by Crippen LogP contribution is 2.33. The van der Waals surface area contributed by atoms with Crippen molar-refractivity contribution in [2.24, 2.45) is 5.92 Å².